The second-order valence-corrected chi connectivity index (χ2v) is 5.00. The van der Waals surface area contributed by atoms with Crippen LogP contribution in [-0.4, -0.2) is 44.7 Å². The van der Waals surface area contributed by atoms with Gasteiger partial charge < -0.3 is 20.7 Å². The van der Waals surface area contributed by atoms with Gasteiger partial charge in [-0.2, -0.15) is 0 Å². The topological polar surface area (TPSA) is 74.8 Å². The fourth-order valence-electron chi connectivity index (χ4n) is 2.14. The van der Waals surface area contributed by atoms with Gasteiger partial charge in [0.25, 0.3) is 0 Å². The number of guanidine groups is 1. The van der Waals surface area contributed by atoms with Crippen molar-refractivity contribution in [3.63, 3.8) is 0 Å². The monoisotopic (exact) mass is 308 g/mol. The van der Waals surface area contributed by atoms with Crippen LogP contribution in [0.1, 0.15) is 12.8 Å². The van der Waals surface area contributed by atoms with Crippen molar-refractivity contribution >= 4 is 17.6 Å². The fraction of sp³-hybridized carbons (Fsp3) is 0.467. The number of hydrogen-bond donors (Lipinski definition) is 3. The second kappa shape index (κ2) is 8.33. The average Bonchev–Trinajstić information content (AvgIpc) is 3.03. The number of hydrogen-bond acceptors (Lipinski definition) is 3. The van der Waals surface area contributed by atoms with Crippen molar-refractivity contribution < 1.29 is 13.9 Å². The smallest absolute Gasteiger partial charge is 0.243 e. The zero-order valence-corrected chi connectivity index (χ0v) is 12.6. The number of amides is 1. The minimum atomic E-state index is -0.338. The van der Waals surface area contributed by atoms with Crippen LogP contribution in [0.4, 0.5) is 10.1 Å². The summed E-state index contributed by atoms with van der Waals surface area (Å²) in [4.78, 5) is 15.9. The molecule has 3 N–H and O–H groups in total. The Morgan fingerprint density at radius 3 is 2.77 bits per heavy atom. The van der Waals surface area contributed by atoms with E-state index in [0.717, 1.165) is 19.4 Å². The Hall–Kier alpha value is -2.15. The van der Waals surface area contributed by atoms with Gasteiger partial charge in [-0.1, -0.05) is 0 Å². The lowest BCUT2D eigenvalue weighted by molar-refractivity contribution is -0.115. The Bertz CT molecular complexity index is 513. The van der Waals surface area contributed by atoms with Crippen molar-refractivity contribution in [3.05, 3.63) is 30.1 Å². The maximum atomic E-state index is 12.8. The van der Waals surface area contributed by atoms with Gasteiger partial charge in [-0.3, -0.25) is 9.79 Å². The number of nitrogens with zero attached hydrogens (tertiary/aromatic N) is 1. The highest BCUT2D eigenvalue weighted by Gasteiger charge is 2.15. The molecule has 22 heavy (non-hydrogen) atoms. The van der Waals surface area contributed by atoms with Crippen LogP contribution in [0.2, 0.25) is 0 Å². The predicted octanol–water partition coefficient (Wildman–Crippen LogP) is 1.11. The molecule has 1 unspecified atom stereocenters. The first kappa shape index (κ1) is 16.2. The SMILES string of the molecule is CN=C(NCC(=O)Nc1ccc(F)cc1)NCC1CCCO1. The number of carbonyl (C=O) groups is 1. The van der Waals surface area contributed by atoms with E-state index in [9.17, 15) is 9.18 Å². The molecule has 1 aromatic rings. The first-order valence-electron chi connectivity index (χ1n) is 7.29. The summed E-state index contributed by atoms with van der Waals surface area (Å²) in [6, 6.07) is 5.62. The summed E-state index contributed by atoms with van der Waals surface area (Å²) in [5.74, 6) is -0.0220. The molecule has 1 amide bonds. The molecule has 1 aromatic carbocycles. The Morgan fingerprint density at radius 2 is 2.14 bits per heavy atom. The van der Waals surface area contributed by atoms with Gasteiger partial charge in [0.2, 0.25) is 5.91 Å². The van der Waals surface area contributed by atoms with Gasteiger partial charge in [-0.05, 0) is 37.1 Å². The lowest BCUT2D eigenvalue weighted by atomic mass is 10.2. The number of ether oxygens (including phenoxy) is 1. The molecule has 0 radical (unpaired) electrons. The van der Waals surface area contributed by atoms with Gasteiger partial charge in [0.15, 0.2) is 5.96 Å². The maximum Gasteiger partial charge on any atom is 0.243 e. The molecule has 1 saturated heterocycles. The highest BCUT2D eigenvalue weighted by atomic mass is 19.1. The zero-order chi connectivity index (χ0) is 15.8. The molecular formula is C15H21FN4O2. The van der Waals surface area contributed by atoms with E-state index in [2.05, 4.69) is 20.9 Å². The quantitative estimate of drug-likeness (QED) is 0.563. The molecule has 1 fully saturated rings. The van der Waals surface area contributed by atoms with E-state index in [0.29, 0.717) is 18.2 Å². The molecule has 1 aliphatic rings. The summed E-state index contributed by atoms with van der Waals surface area (Å²) in [7, 11) is 1.64. The number of rotatable bonds is 5. The third-order valence-corrected chi connectivity index (χ3v) is 3.29. The Kier molecular flexibility index (Phi) is 6.14. The summed E-state index contributed by atoms with van der Waals surface area (Å²) in [5, 5.41) is 8.71. The normalized spacial score (nSPS) is 18.1. The Balaban J connectivity index is 1.70. The molecule has 2 rings (SSSR count). The van der Waals surface area contributed by atoms with E-state index in [1.165, 1.54) is 24.3 Å². The summed E-state index contributed by atoms with van der Waals surface area (Å²) >= 11 is 0. The summed E-state index contributed by atoms with van der Waals surface area (Å²) in [5.41, 5.74) is 0.551. The van der Waals surface area contributed by atoms with Gasteiger partial charge in [-0.15, -0.1) is 0 Å². The highest BCUT2D eigenvalue weighted by Crippen LogP contribution is 2.10. The summed E-state index contributed by atoms with van der Waals surface area (Å²) in [6.07, 6.45) is 2.32. The van der Waals surface area contributed by atoms with E-state index in [1.807, 2.05) is 0 Å². The lowest BCUT2D eigenvalue weighted by Crippen LogP contribution is -2.43. The van der Waals surface area contributed by atoms with Crippen LogP contribution >= 0.6 is 0 Å². The maximum absolute atomic E-state index is 12.8. The Morgan fingerprint density at radius 1 is 1.36 bits per heavy atom. The standard InChI is InChI=1S/C15H21FN4O2/c1-17-15(18-9-13-3-2-8-22-13)19-10-14(21)20-12-6-4-11(16)5-7-12/h4-7,13H,2-3,8-10H2,1H3,(H,20,21)(H2,17,18,19). The van der Waals surface area contributed by atoms with Gasteiger partial charge in [0.05, 0.1) is 12.6 Å². The van der Waals surface area contributed by atoms with Crippen molar-refractivity contribution in [2.24, 2.45) is 4.99 Å². The lowest BCUT2D eigenvalue weighted by Gasteiger charge is -2.15. The molecule has 120 valence electrons. The first-order valence-corrected chi connectivity index (χ1v) is 7.29. The van der Waals surface area contributed by atoms with Crippen LogP contribution in [0.25, 0.3) is 0 Å². The van der Waals surface area contributed by atoms with Crippen LogP contribution in [0.15, 0.2) is 29.3 Å². The highest BCUT2D eigenvalue weighted by molar-refractivity contribution is 5.94. The molecule has 1 atom stereocenters. The van der Waals surface area contributed by atoms with E-state index in [1.54, 1.807) is 7.05 Å². The molecule has 0 spiro atoms. The van der Waals surface area contributed by atoms with Crippen LogP contribution in [0.3, 0.4) is 0 Å². The average molecular weight is 308 g/mol. The molecule has 0 bridgehead atoms. The number of aliphatic imine (C=N–C) groups is 1. The van der Waals surface area contributed by atoms with E-state index < -0.39 is 0 Å². The zero-order valence-electron chi connectivity index (χ0n) is 12.6. The van der Waals surface area contributed by atoms with Crippen molar-refractivity contribution in [2.75, 3.05) is 32.1 Å². The van der Waals surface area contributed by atoms with Gasteiger partial charge >= 0.3 is 0 Å². The Labute approximate surface area is 129 Å². The molecule has 0 aromatic heterocycles. The third kappa shape index (κ3) is 5.33. The van der Waals surface area contributed by atoms with Crippen LogP contribution < -0.4 is 16.0 Å². The molecule has 7 heteroatoms. The van der Waals surface area contributed by atoms with Crippen molar-refractivity contribution in [1.82, 2.24) is 10.6 Å². The van der Waals surface area contributed by atoms with Crippen LogP contribution in [0.5, 0.6) is 0 Å². The molecule has 6 nitrogen and oxygen atoms in total. The summed E-state index contributed by atoms with van der Waals surface area (Å²) < 4.78 is 18.3. The van der Waals surface area contributed by atoms with Gasteiger partial charge in [-0.25, -0.2) is 4.39 Å². The first-order chi connectivity index (χ1) is 10.7. The van der Waals surface area contributed by atoms with Gasteiger partial charge in [0.1, 0.15) is 5.82 Å². The molecule has 0 aliphatic carbocycles. The fourth-order valence-corrected chi connectivity index (χ4v) is 2.14. The molecule has 0 saturated carbocycles. The van der Waals surface area contributed by atoms with Crippen LogP contribution in [-0.2, 0) is 9.53 Å². The number of halogens is 1. The van der Waals surface area contributed by atoms with Crippen LogP contribution in [0, 0.1) is 5.82 Å². The van der Waals surface area contributed by atoms with Gasteiger partial charge in [0, 0.05) is 25.9 Å². The van der Waals surface area contributed by atoms with Crippen molar-refractivity contribution in [3.8, 4) is 0 Å². The molecule has 1 aliphatic heterocycles. The second-order valence-electron chi connectivity index (χ2n) is 5.00. The van der Waals surface area contributed by atoms with E-state index in [-0.39, 0.29) is 24.4 Å². The van der Waals surface area contributed by atoms with E-state index >= 15 is 0 Å². The number of carbonyl (C=O) groups excluding carboxylic acids is 1. The molecule has 1 heterocycles. The van der Waals surface area contributed by atoms with E-state index in [4.69, 9.17) is 4.74 Å². The summed E-state index contributed by atoms with van der Waals surface area (Å²) in [6.45, 7) is 1.54. The molecular weight excluding hydrogens is 287 g/mol. The number of benzene rings is 1. The van der Waals surface area contributed by atoms with Crippen molar-refractivity contribution in [2.45, 2.75) is 18.9 Å². The largest absolute Gasteiger partial charge is 0.376 e. The number of anilines is 1. The minimum Gasteiger partial charge on any atom is -0.376 e. The van der Waals surface area contributed by atoms with Crippen molar-refractivity contribution in [1.29, 1.82) is 0 Å². The minimum absolute atomic E-state index is 0.0720. The third-order valence-electron chi connectivity index (χ3n) is 3.29. The predicted molar refractivity (Wildman–Crippen MR) is 83.4 cm³/mol. The number of nitrogens with one attached hydrogen (secondary N) is 3.